The first kappa shape index (κ1) is 17.3. The largest absolute Gasteiger partial charge is 0.383 e. The maximum Gasteiger partial charge on any atom is 0.257 e. The van der Waals surface area contributed by atoms with E-state index in [0.29, 0.717) is 13.2 Å². The number of carbonyl (C=O) groups is 1. The van der Waals surface area contributed by atoms with Crippen LogP contribution >= 0.6 is 0 Å². The SMILES string of the molecule is COCCNCCNC(=O)c1c(F)c(F)c(F)c(F)c1F. The van der Waals surface area contributed by atoms with Crippen LogP contribution in [0.4, 0.5) is 22.0 Å². The molecule has 0 aliphatic carbocycles. The fourth-order valence-electron chi connectivity index (χ4n) is 1.46. The third kappa shape index (κ3) is 4.11. The van der Waals surface area contributed by atoms with Gasteiger partial charge in [0.2, 0.25) is 5.82 Å². The lowest BCUT2D eigenvalue weighted by Crippen LogP contribution is -2.34. The van der Waals surface area contributed by atoms with E-state index in [1.54, 1.807) is 0 Å². The first-order valence-electron chi connectivity index (χ1n) is 5.91. The summed E-state index contributed by atoms with van der Waals surface area (Å²) in [5.74, 6) is -12.3. The van der Waals surface area contributed by atoms with Crippen molar-refractivity contribution in [3.63, 3.8) is 0 Å². The number of carbonyl (C=O) groups excluding carboxylic acids is 1. The van der Waals surface area contributed by atoms with Crippen LogP contribution in [0.15, 0.2) is 0 Å². The molecule has 0 saturated carbocycles. The van der Waals surface area contributed by atoms with Gasteiger partial charge in [-0.05, 0) is 0 Å². The average Bonchev–Trinajstić information content (AvgIpc) is 2.47. The summed E-state index contributed by atoms with van der Waals surface area (Å²) in [6, 6.07) is 0. The molecule has 0 heterocycles. The molecule has 1 amide bonds. The molecule has 0 spiro atoms. The van der Waals surface area contributed by atoms with Gasteiger partial charge in [-0.25, -0.2) is 22.0 Å². The van der Waals surface area contributed by atoms with Crippen LogP contribution in [0.5, 0.6) is 0 Å². The summed E-state index contributed by atoms with van der Waals surface area (Å²) < 4.78 is 70.0. The van der Waals surface area contributed by atoms with Gasteiger partial charge in [-0.2, -0.15) is 0 Å². The molecule has 1 aromatic rings. The van der Waals surface area contributed by atoms with Crippen LogP contribution in [0, 0.1) is 29.1 Å². The molecule has 0 unspecified atom stereocenters. The maximum atomic E-state index is 13.3. The summed E-state index contributed by atoms with van der Waals surface area (Å²) in [6.45, 7) is 1.09. The Bertz CT molecular complexity index is 496. The topological polar surface area (TPSA) is 50.4 Å². The second kappa shape index (κ2) is 7.89. The van der Waals surface area contributed by atoms with Crippen molar-refractivity contribution in [2.75, 3.05) is 33.4 Å². The maximum absolute atomic E-state index is 13.3. The normalized spacial score (nSPS) is 10.8. The van der Waals surface area contributed by atoms with Crippen molar-refractivity contribution in [2.45, 2.75) is 0 Å². The minimum atomic E-state index is -2.30. The van der Waals surface area contributed by atoms with E-state index in [4.69, 9.17) is 4.74 Å². The molecule has 0 radical (unpaired) electrons. The minimum absolute atomic E-state index is 0.0535. The zero-order chi connectivity index (χ0) is 16.0. The Morgan fingerprint density at radius 2 is 1.43 bits per heavy atom. The van der Waals surface area contributed by atoms with Crippen LogP contribution in [0.3, 0.4) is 0 Å². The number of nitrogens with one attached hydrogen (secondary N) is 2. The highest BCUT2D eigenvalue weighted by Gasteiger charge is 2.29. The van der Waals surface area contributed by atoms with Crippen molar-refractivity contribution in [3.05, 3.63) is 34.6 Å². The molecule has 0 aliphatic heterocycles. The Morgan fingerprint density at radius 1 is 0.905 bits per heavy atom. The summed E-state index contributed by atoms with van der Waals surface area (Å²) in [4.78, 5) is 11.5. The second-order valence-electron chi connectivity index (χ2n) is 3.94. The van der Waals surface area contributed by atoms with E-state index in [-0.39, 0.29) is 13.1 Å². The Morgan fingerprint density at radius 3 is 1.95 bits per heavy atom. The highest BCUT2D eigenvalue weighted by molar-refractivity contribution is 5.94. The lowest BCUT2D eigenvalue weighted by atomic mass is 10.1. The number of amides is 1. The van der Waals surface area contributed by atoms with Crippen LogP contribution < -0.4 is 10.6 Å². The molecule has 0 fully saturated rings. The third-order valence-corrected chi connectivity index (χ3v) is 2.51. The van der Waals surface area contributed by atoms with E-state index in [0.717, 1.165) is 0 Å². The summed E-state index contributed by atoms with van der Waals surface area (Å²) >= 11 is 0. The predicted molar refractivity (Wildman–Crippen MR) is 63.3 cm³/mol. The highest BCUT2D eigenvalue weighted by atomic mass is 19.2. The van der Waals surface area contributed by atoms with Gasteiger partial charge in [-0.1, -0.05) is 0 Å². The molecule has 2 N–H and O–H groups in total. The van der Waals surface area contributed by atoms with E-state index in [1.165, 1.54) is 7.11 Å². The molecule has 9 heteroatoms. The zero-order valence-corrected chi connectivity index (χ0v) is 11.0. The molecule has 1 aromatic carbocycles. The van der Waals surface area contributed by atoms with Crippen molar-refractivity contribution in [2.24, 2.45) is 0 Å². The van der Waals surface area contributed by atoms with Gasteiger partial charge in [0, 0.05) is 26.7 Å². The molecule has 21 heavy (non-hydrogen) atoms. The van der Waals surface area contributed by atoms with Gasteiger partial charge in [0.05, 0.1) is 6.61 Å². The lowest BCUT2D eigenvalue weighted by Gasteiger charge is -2.09. The Hall–Kier alpha value is -1.74. The second-order valence-corrected chi connectivity index (χ2v) is 3.94. The first-order chi connectivity index (χ1) is 9.91. The van der Waals surface area contributed by atoms with E-state index < -0.39 is 40.6 Å². The van der Waals surface area contributed by atoms with Crippen molar-refractivity contribution in [1.29, 1.82) is 0 Å². The average molecular weight is 312 g/mol. The third-order valence-electron chi connectivity index (χ3n) is 2.51. The van der Waals surface area contributed by atoms with Gasteiger partial charge in [-0.3, -0.25) is 4.79 Å². The van der Waals surface area contributed by atoms with Crippen molar-refractivity contribution in [3.8, 4) is 0 Å². The highest BCUT2D eigenvalue weighted by Crippen LogP contribution is 2.22. The Balaban J connectivity index is 2.71. The number of ether oxygens (including phenoxy) is 1. The van der Waals surface area contributed by atoms with Crippen LogP contribution in [0.2, 0.25) is 0 Å². The van der Waals surface area contributed by atoms with E-state index in [1.807, 2.05) is 0 Å². The number of methoxy groups -OCH3 is 1. The van der Waals surface area contributed by atoms with Crippen LogP contribution in [-0.4, -0.2) is 39.3 Å². The predicted octanol–water partition coefficient (Wildman–Crippen LogP) is 1.35. The number of rotatable bonds is 7. The molecule has 118 valence electrons. The molecule has 0 aromatic heterocycles. The number of hydrogen-bond donors (Lipinski definition) is 2. The number of benzene rings is 1. The Labute approximate surface area is 117 Å². The van der Waals surface area contributed by atoms with Gasteiger partial charge in [0.25, 0.3) is 5.91 Å². The summed E-state index contributed by atoms with van der Waals surface area (Å²) in [7, 11) is 1.49. The summed E-state index contributed by atoms with van der Waals surface area (Å²) in [5.41, 5.74) is -1.50. The van der Waals surface area contributed by atoms with Gasteiger partial charge in [0.1, 0.15) is 5.56 Å². The molecule has 1 rings (SSSR count). The molecule has 0 aliphatic rings. The fraction of sp³-hybridized carbons (Fsp3) is 0.417. The Kier molecular flexibility index (Phi) is 6.50. The van der Waals surface area contributed by atoms with Crippen molar-refractivity contribution >= 4 is 5.91 Å². The molecule has 4 nitrogen and oxygen atoms in total. The van der Waals surface area contributed by atoms with Gasteiger partial charge in [0.15, 0.2) is 23.3 Å². The van der Waals surface area contributed by atoms with E-state index in [2.05, 4.69) is 10.6 Å². The molecular formula is C12H13F5N2O2. The standard InChI is InChI=1S/C12H13F5N2O2/c1-21-5-4-18-2-3-19-12(20)6-7(13)9(15)11(17)10(16)8(6)14/h18H,2-5H2,1H3,(H,19,20). The lowest BCUT2D eigenvalue weighted by molar-refractivity contribution is 0.0942. The zero-order valence-electron chi connectivity index (χ0n) is 11.0. The van der Waals surface area contributed by atoms with Gasteiger partial charge in [-0.15, -0.1) is 0 Å². The minimum Gasteiger partial charge on any atom is -0.383 e. The number of halogens is 5. The first-order valence-corrected chi connectivity index (χ1v) is 5.91. The fourth-order valence-corrected chi connectivity index (χ4v) is 1.46. The quantitative estimate of drug-likeness (QED) is 0.346. The summed E-state index contributed by atoms with van der Waals surface area (Å²) in [6.07, 6.45) is 0. The van der Waals surface area contributed by atoms with Crippen molar-refractivity contribution < 1.29 is 31.5 Å². The molecule has 0 bridgehead atoms. The van der Waals surface area contributed by atoms with Crippen molar-refractivity contribution in [1.82, 2.24) is 10.6 Å². The monoisotopic (exact) mass is 312 g/mol. The van der Waals surface area contributed by atoms with Crippen LogP contribution in [0.25, 0.3) is 0 Å². The number of hydrogen-bond acceptors (Lipinski definition) is 3. The van der Waals surface area contributed by atoms with Gasteiger partial charge >= 0.3 is 0 Å². The van der Waals surface area contributed by atoms with Crippen LogP contribution in [0.1, 0.15) is 10.4 Å². The summed E-state index contributed by atoms with van der Waals surface area (Å²) in [5, 5.41) is 4.87. The van der Waals surface area contributed by atoms with E-state index >= 15 is 0 Å². The molecule has 0 saturated heterocycles. The van der Waals surface area contributed by atoms with Gasteiger partial charge < -0.3 is 15.4 Å². The van der Waals surface area contributed by atoms with Crippen LogP contribution in [-0.2, 0) is 4.74 Å². The molecule has 0 atom stereocenters. The molecular weight excluding hydrogens is 299 g/mol. The smallest absolute Gasteiger partial charge is 0.257 e. The van der Waals surface area contributed by atoms with E-state index in [9.17, 15) is 26.7 Å².